The molecule has 0 saturated carbocycles. The number of methoxy groups -OCH3 is 1. The van der Waals surface area contributed by atoms with Crippen molar-refractivity contribution in [3.8, 4) is 22.1 Å². The summed E-state index contributed by atoms with van der Waals surface area (Å²) >= 11 is 0.994. The third kappa shape index (κ3) is 6.72. The molecule has 0 radical (unpaired) electrons. The van der Waals surface area contributed by atoms with Gasteiger partial charge < -0.3 is 15.0 Å². The third-order valence-electron chi connectivity index (χ3n) is 6.95. The van der Waals surface area contributed by atoms with Gasteiger partial charge in [0.05, 0.1) is 31.7 Å². The highest BCUT2D eigenvalue weighted by Crippen LogP contribution is 2.39. The molecule has 47 heavy (non-hydrogen) atoms. The molecule has 5 rings (SSSR count). The van der Waals surface area contributed by atoms with Crippen molar-refractivity contribution in [2.75, 3.05) is 33.6 Å². The van der Waals surface area contributed by atoms with E-state index in [-0.39, 0.29) is 28.5 Å². The number of amides is 2. The Bertz CT molecular complexity index is 2060. The Hall–Kier alpha value is -5.13. The summed E-state index contributed by atoms with van der Waals surface area (Å²) < 4.78 is 63.9. The number of hydrogen-bond donors (Lipinski definition) is 2. The molecule has 0 saturated heterocycles. The molecule has 0 aliphatic carbocycles. The largest absolute Gasteiger partial charge is 0.480 e. The van der Waals surface area contributed by atoms with Crippen LogP contribution in [0.1, 0.15) is 16.7 Å². The van der Waals surface area contributed by atoms with E-state index in [1.54, 1.807) is 43.3 Å². The molecule has 12 nitrogen and oxygen atoms in total. The maximum atomic E-state index is 15.1. The molecule has 17 heteroatoms. The molecule has 2 N–H and O–H groups in total. The lowest BCUT2D eigenvalue weighted by Gasteiger charge is -2.17. The summed E-state index contributed by atoms with van der Waals surface area (Å²) in [5, 5.41) is 10.4. The lowest BCUT2D eigenvalue weighted by Crippen LogP contribution is -2.40. The minimum absolute atomic E-state index is 0.0301. The highest BCUT2D eigenvalue weighted by Gasteiger charge is 2.35. The van der Waals surface area contributed by atoms with E-state index in [2.05, 4.69) is 25.8 Å². The minimum Gasteiger partial charge on any atom is -0.480 e. The Morgan fingerprint density at radius 2 is 1.72 bits per heavy atom. The van der Waals surface area contributed by atoms with Crippen molar-refractivity contribution in [3.63, 3.8) is 0 Å². The maximum Gasteiger partial charge on any atom is 0.416 e. The van der Waals surface area contributed by atoms with E-state index < -0.39 is 46.9 Å². The zero-order valence-corrected chi connectivity index (χ0v) is 26.1. The molecule has 246 valence electrons. The van der Waals surface area contributed by atoms with Crippen LogP contribution in [0.4, 0.5) is 28.0 Å². The SMILES string of the molecule is CONC(=O)Nc1ccc(-c2sc3c(c2CN(C)C)c(=O)n(-c2ccc(OC)nn2)c(=O)n3Cc2c(F)cccc2C(F)(F)F)cc1. The summed E-state index contributed by atoms with van der Waals surface area (Å²) in [6.45, 7) is -0.666. The number of hydroxylamine groups is 1. The number of anilines is 1. The summed E-state index contributed by atoms with van der Waals surface area (Å²) in [5.41, 5.74) is -0.287. The van der Waals surface area contributed by atoms with Gasteiger partial charge in [0.1, 0.15) is 10.6 Å². The normalized spacial score (nSPS) is 11.7. The number of nitrogens with zero attached hydrogens (tertiary/aromatic N) is 5. The van der Waals surface area contributed by atoms with E-state index in [0.29, 0.717) is 26.3 Å². The molecule has 3 heterocycles. The van der Waals surface area contributed by atoms with Crippen LogP contribution in [-0.4, -0.2) is 58.6 Å². The maximum absolute atomic E-state index is 15.1. The highest BCUT2D eigenvalue weighted by atomic mass is 32.1. The number of fused-ring (bicyclic) bond motifs is 1. The van der Waals surface area contributed by atoms with Crippen molar-refractivity contribution in [2.24, 2.45) is 0 Å². The Kier molecular flexibility index (Phi) is 9.41. The van der Waals surface area contributed by atoms with Gasteiger partial charge in [-0.2, -0.15) is 13.2 Å². The van der Waals surface area contributed by atoms with Crippen LogP contribution in [0, 0.1) is 5.82 Å². The first kappa shape index (κ1) is 33.2. The smallest absolute Gasteiger partial charge is 0.416 e. The summed E-state index contributed by atoms with van der Waals surface area (Å²) in [6, 6.07) is 11.1. The first-order chi connectivity index (χ1) is 22.3. The van der Waals surface area contributed by atoms with Crippen molar-refractivity contribution in [3.05, 3.63) is 97.9 Å². The Morgan fingerprint density at radius 3 is 2.32 bits per heavy atom. The van der Waals surface area contributed by atoms with Crippen molar-refractivity contribution < 1.29 is 31.9 Å². The Labute approximate surface area is 267 Å². The van der Waals surface area contributed by atoms with E-state index in [0.717, 1.165) is 34.1 Å². The quantitative estimate of drug-likeness (QED) is 0.171. The van der Waals surface area contributed by atoms with Crippen molar-refractivity contribution in [1.29, 1.82) is 0 Å². The molecule has 2 amide bonds. The van der Waals surface area contributed by atoms with Gasteiger partial charge in [0.15, 0.2) is 5.82 Å². The first-order valence-electron chi connectivity index (χ1n) is 13.7. The van der Waals surface area contributed by atoms with Gasteiger partial charge in [-0.25, -0.2) is 24.0 Å². The van der Waals surface area contributed by atoms with Gasteiger partial charge in [-0.1, -0.05) is 18.2 Å². The number of rotatable bonds is 9. The molecule has 0 bridgehead atoms. The number of aromatic nitrogens is 4. The van der Waals surface area contributed by atoms with E-state index in [4.69, 9.17) is 4.74 Å². The highest BCUT2D eigenvalue weighted by molar-refractivity contribution is 7.22. The average Bonchev–Trinajstić information content (AvgIpc) is 3.38. The zero-order valence-electron chi connectivity index (χ0n) is 25.3. The molecule has 2 aromatic carbocycles. The number of carbonyl (C=O) groups excluding carboxylic acids is 1. The number of benzene rings is 2. The number of halogens is 4. The lowest BCUT2D eigenvalue weighted by molar-refractivity contribution is -0.138. The van der Waals surface area contributed by atoms with Gasteiger partial charge in [0.2, 0.25) is 5.88 Å². The van der Waals surface area contributed by atoms with Gasteiger partial charge >= 0.3 is 17.9 Å². The molecule has 0 fully saturated rings. The number of nitrogens with one attached hydrogen (secondary N) is 2. The molecule has 0 unspecified atom stereocenters. The van der Waals surface area contributed by atoms with Gasteiger partial charge in [0.25, 0.3) is 5.56 Å². The van der Waals surface area contributed by atoms with Crippen molar-refractivity contribution >= 4 is 33.3 Å². The molecular formula is C30H27F4N7O5S. The fraction of sp³-hybridized carbons (Fsp3) is 0.233. The molecule has 0 aliphatic rings. The van der Waals surface area contributed by atoms with Gasteiger partial charge in [0, 0.05) is 28.7 Å². The van der Waals surface area contributed by atoms with Gasteiger partial charge in [-0.3, -0.25) is 14.2 Å². The number of carbonyl (C=O) groups is 1. The van der Waals surface area contributed by atoms with Crippen LogP contribution >= 0.6 is 11.3 Å². The number of ether oxygens (including phenoxy) is 1. The van der Waals surface area contributed by atoms with Crippen LogP contribution in [0.15, 0.2) is 64.2 Å². The molecule has 0 aliphatic heterocycles. The second-order valence-corrected chi connectivity index (χ2v) is 11.4. The van der Waals surface area contributed by atoms with Crippen LogP contribution < -0.4 is 26.8 Å². The predicted molar refractivity (Wildman–Crippen MR) is 166 cm³/mol. The van der Waals surface area contributed by atoms with E-state index in [1.807, 2.05) is 0 Å². The molecular weight excluding hydrogens is 646 g/mol. The summed E-state index contributed by atoms with van der Waals surface area (Å²) in [5.74, 6) is -1.30. The monoisotopic (exact) mass is 673 g/mol. The third-order valence-corrected chi connectivity index (χ3v) is 8.26. The van der Waals surface area contributed by atoms with E-state index in [9.17, 15) is 27.6 Å². The fourth-order valence-electron chi connectivity index (χ4n) is 4.95. The Balaban J connectivity index is 1.81. The number of thiophene rings is 1. The zero-order chi connectivity index (χ0) is 34.0. The van der Waals surface area contributed by atoms with Crippen LogP contribution in [-0.2, 0) is 24.1 Å². The topological polar surface area (TPSA) is 133 Å². The molecule has 3 aromatic heterocycles. The minimum atomic E-state index is -4.93. The second-order valence-electron chi connectivity index (χ2n) is 10.4. The number of urea groups is 1. The van der Waals surface area contributed by atoms with E-state index in [1.165, 1.54) is 26.4 Å². The lowest BCUT2D eigenvalue weighted by atomic mass is 10.1. The molecule has 0 spiro atoms. The second kappa shape index (κ2) is 13.3. The van der Waals surface area contributed by atoms with Gasteiger partial charge in [-0.15, -0.1) is 21.5 Å². The number of hydrogen-bond acceptors (Lipinski definition) is 9. The number of alkyl halides is 3. The summed E-state index contributed by atoms with van der Waals surface area (Å²) in [7, 11) is 6.14. The van der Waals surface area contributed by atoms with Crippen LogP contribution in [0.3, 0.4) is 0 Å². The average molecular weight is 674 g/mol. The summed E-state index contributed by atoms with van der Waals surface area (Å²) in [4.78, 5) is 47.1. The van der Waals surface area contributed by atoms with Crippen LogP contribution in [0.5, 0.6) is 5.88 Å². The van der Waals surface area contributed by atoms with Crippen LogP contribution in [0.25, 0.3) is 26.5 Å². The standard InChI is InChI=1S/C30H27F4N7O5S/c1-39(2)14-19-24-26(42)41(22-12-13-23(45-3)37-36-22)29(44)40(15-18-20(30(32,33)34)6-5-7-21(18)31)27(24)47-25(19)16-8-10-17(11-9-16)35-28(43)38-46-4/h5-13H,14-15H2,1-4H3,(H2,35,38,43). The predicted octanol–water partition coefficient (Wildman–Crippen LogP) is 4.63. The fourth-order valence-corrected chi connectivity index (χ4v) is 6.25. The van der Waals surface area contributed by atoms with Gasteiger partial charge in [-0.05, 0) is 55.6 Å². The van der Waals surface area contributed by atoms with E-state index >= 15 is 4.39 Å². The first-order valence-corrected chi connectivity index (χ1v) is 14.5. The molecule has 5 aromatic rings. The van der Waals surface area contributed by atoms with Crippen molar-refractivity contribution in [2.45, 2.75) is 19.3 Å². The summed E-state index contributed by atoms with van der Waals surface area (Å²) in [6.07, 6.45) is -4.93. The van der Waals surface area contributed by atoms with Crippen molar-refractivity contribution in [1.82, 2.24) is 29.7 Å². The molecule has 0 atom stereocenters. The van der Waals surface area contributed by atoms with Crippen LogP contribution in [0.2, 0.25) is 0 Å². The Morgan fingerprint density at radius 1 is 1.00 bits per heavy atom.